The molecule has 1 atom stereocenters. The van der Waals surface area contributed by atoms with Gasteiger partial charge in [0.25, 0.3) is 0 Å². The van der Waals surface area contributed by atoms with Crippen molar-refractivity contribution in [1.29, 1.82) is 0 Å². The molecule has 1 heterocycles. The highest BCUT2D eigenvalue weighted by Gasteiger charge is 2.20. The van der Waals surface area contributed by atoms with Gasteiger partial charge in [-0.25, -0.2) is 4.79 Å². The van der Waals surface area contributed by atoms with Crippen LogP contribution in [0, 0.1) is 0 Å². The van der Waals surface area contributed by atoms with Gasteiger partial charge >= 0.3 is 5.97 Å². The molecule has 0 bridgehead atoms. The maximum absolute atomic E-state index is 11.8. The Balaban J connectivity index is 2.38. The summed E-state index contributed by atoms with van der Waals surface area (Å²) in [4.78, 5) is 23.4. The molecular weight excluding hydrogens is 204 g/mol. The van der Waals surface area contributed by atoms with Gasteiger partial charge in [-0.15, -0.1) is 0 Å². The van der Waals surface area contributed by atoms with Gasteiger partial charge in [-0.3, -0.25) is 4.79 Å². The molecule has 0 amide bonds. The molecular formula is C13H14O3. The maximum atomic E-state index is 11.8. The van der Waals surface area contributed by atoms with Crippen LogP contribution in [0.5, 0.6) is 0 Å². The Morgan fingerprint density at radius 3 is 2.81 bits per heavy atom. The third-order valence-corrected chi connectivity index (χ3v) is 2.76. The highest BCUT2D eigenvalue weighted by atomic mass is 16.5. The molecule has 16 heavy (non-hydrogen) atoms. The average molecular weight is 218 g/mol. The summed E-state index contributed by atoms with van der Waals surface area (Å²) in [5.74, 6) is -0.157. The Hall–Kier alpha value is -1.64. The Kier molecular flexibility index (Phi) is 3.04. The Morgan fingerprint density at radius 1 is 1.25 bits per heavy atom. The van der Waals surface area contributed by atoms with Crippen molar-refractivity contribution in [3.63, 3.8) is 0 Å². The van der Waals surface area contributed by atoms with Crippen LogP contribution in [-0.2, 0) is 16.0 Å². The van der Waals surface area contributed by atoms with Crippen LogP contribution in [0.3, 0.4) is 0 Å². The predicted octanol–water partition coefficient (Wildman–Crippen LogP) is 2.14. The Labute approximate surface area is 94.4 Å². The van der Waals surface area contributed by atoms with E-state index in [4.69, 9.17) is 4.74 Å². The van der Waals surface area contributed by atoms with Gasteiger partial charge in [-0.05, 0) is 25.0 Å². The lowest BCUT2D eigenvalue weighted by Crippen LogP contribution is -2.15. The van der Waals surface area contributed by atoms with Crippen LogP contribution in [0.2, 0.25) is 0 Å². The van der Waals surface area contributed by atoms with E-state index in [2.05, 4.69) is 0 Å². The number of rotatable bonds is 0. The van der Waals surface area contributed by atoms with Crippen molar-refractivity contribution >= 4 is 11.8 Å². The molecule has 0 aliphatic carbocycles. The molecule has 0 radical (unpaired) electrons. The first kappa shape index (κ1) is 10.9. The van der Waals surface area contributed by atoms with Gasteiger partial charge in [-0.2, -0.15) is 0 Å². The van der Waals surface area contributed by atoms with Gasteiger partial charge in [0.05, 0.1) is 11.7 Å². The van der Waals surface area contributed by atoms with Gasteiger partial charge < -0.3 is 4.74 Å². The van der Waals surface area contributed by atoms with Crippen molar-refractivity contribution < 1.29 is 14.3 Å². The van der Waals surface area contributed by atoms with E-state index in [0.717, 1.165) is 5.56 Å². The minimum atomic E-state index is -0.321. The fourth-order valence-corrected chi connectivity index (χ4v) is 1.84. The molecule has 0 fully saturated rings. The summed E-state index contributed by atoms with van der Waals surface area (Å²) < 4.78 is 5.25. The van der Waals surface area contributed by atoms with Crippen LogP contribution in [0.1, 0.15) is 35.7 Å². The fourth-order valence-electron chi connectivity index (χ4n) is 1.84. The highest BCUT2D eigenvalue weighted by Crippen LogP contribution is 2.17. The number of fused-ring (bicyclic) bond motifs is 1. The molecule has 1 aliphatic rings. The monoisotopic (exact) mass is 218 g/mol. The first-order chi connectivity index (χ1) is 7.66. The first-order valence-corrected chi connectivity index (χ1v) is 5.47. The van der Waals surface area contributed by atoms with Crippen LogP contribution in [0.25, 0.3) is 0 Å². The molecule has 0 spiro atoms. The van der Waals surface area contributed by atoms with Crippen LogP contribution >= 0.6 is 0 Å². The highest BCUT2D eigenvalue weighted by molar-refractivity contribution is 5.93. The predicted molar refractivity (Wildman–Crippen MR) is 59.3 cm³/mol. The van der Waals surface area contributed by atoms with Gasteiger partial charge in [-0.1, -0.05) is 18.2 Å². The minimum Gasteiger partial charge on any atom is -0.459 e. The van der Waals surface area contributed by atoms with Crippen molar-refractivity contribution in [3.05, 3.63) is 35.4 Å². The number of hydrogen-bond donors (Lipinski definition) is 0. The molecule has 3 nitrogen and oxygen atoms in total. The lowest BCUT2D eigenvalue weighted by Gasteiger charge is -2.11. The summed E-state index contributed by atoms with van der Waals surface area (Å²) in [5, 5.41) is 0. The zero-order valence-electron chi connectivity index (χ0n) is 9.23. The molecule has 1 aromatic rings. The van der Waals surface area contributed by atoms with Gasteiger partial charge in [0.2, 0.25) is 0 Å². The quantitative estimate of drug-likeness (QED) is 0.626. The molecule has 0 saturated carbocycles. The summed E-state index contributed by atoms with van der Waals surface area (Å²) >= 11 is 0. The van der Waals surface area contributed by atoms with Crippen molar-refractivity contribution in [2.24, 2.45) is 0 Å². The van der Waals surface area contributed by atoms with E-state index in [1.165, 1.54) is 0 Å². The number of ketones is 1. The molecule has 1 aliphatic heterocycles. The molecule has 2 rings (SSSR count). The molecule has 1 aromatic carbocycles. The van der Waals surface area contributed by atoms with Crippen molar-refractivity contribution in [3.8, 4) is 0 Å². The molecule has 1 unspecified atom stereocenters. The second-order valence-corrected chi connectivity index (χ2v) is 4.13. The summed E-state index contributed by atoms with van der Waals surface area (Å²) in [6, 6.07) is 7.14. The Bertz CT molecular complexity index is 423. The molecule has 3 heteroatoms. The van der Waals surface area contributed by atoms with Crippen molar-refractivity contribution in [1.82, 2.24) is 0 Å². The minimum absolute atomic E-state index is 0.164. The number of cyclic esters (lactones) is 1. The van der Waals surface area contributed by atoms with Crippen LogP contribution < -0.4 is 0 Å². The largest absolute Gasteiger partial charge is 0.459 e. The number of ether oxygens (including phenoxy) is 1. The van der Waals surface area contributed by atoms with E-state index in [1.807, 2.05) is 19.1 Å². The number of carbonyl (C=O) groups is 2. The van der Waals surface area contributed by atoms with Gasteiger partial charge in [0, 0.05) is 12.8 Å². The number of Topliss-reactive ketones (excluding diaryl/α,β-unsaturated/α-hetero) is 1. The lowest BCUT2D eigenvalue weighted by molar-refractivity contribution is -0.118. The van der Waals surface area contributed by atoms with E-state index in [0.29, 0.717) is 24.8 Å². The summed E-state index contributed by atoms with van der Waals surface area (Å²) in [5.41, 5.74) is 1.29. The van der Waals surface area contributed by atoms with E-state index < -0.39 is 0 Å². The van der Waals surface area contributed by atoms with Crippen molar-refractivity contribution in [2.45, 2.75) is 32.3 Å². The topological polar surface area (TPSA) is 43.4 Å². The third kappa shape index (κ3) is 2.30. The van der Waals surface area contributed by atoms with Crippen LogP contribution in [0.15, 0.2) is 24.3 Å². The lowest BCUT2D eigenvalue weighted by atomic mass is 10.0. The van der Waals surface area contributed by atoms with Gasteiger partial charge in [0.1, 0.15) is 5.78 Å². The molecule has 0 saturated heterocycles. The number of benzene rings is 1. The van der Waals surface area contributed by atoms with Crippen LogP contribution in [0.4, 0.5) is 0 Å². The van der Waals surface area contributed by atoms with Crippen molar-refractivity contribution in [2.75, 3.05) is 0 Å². The Morgan fingerprint density at radius 2 is 2.00 bits per heavy atom. The smallest absolute Gasteiger partial charge is 0.338 e. The van der Waals surface area contributed by atoms with Gasteiger partial charge in [0.15, 0.2) is 0 Å². The van der Waals surface area contributed by atoms with E-state index in [-0.39, 0.29) is 17.9 Å². The zero-order chi connectivity index (χ0) is 11.5. The second kappa shape index (κ2) is 4.47. The van der Waals surface area contributed by atoms with E-state index in [9.17, 15) is 9.59 Å². The maximum Gasteiger partial charge on any atom is 0.338 e. The second-order valence-electron chi connectivity index (χ2n) is 4.13. The van der Waals surface area contributed by atoms with E-state index >= 15 is 0 Å². The summed E-state index contributed by atoms with van der Waals surface area (Å²) in [6.07, 6.45) is 1.22. The SMILES string of the molecule is CC1CCC(=O)Cc2ccccc2C(=O)O1. The third-order valence-electron chi connectivity index (χ3n) is 2.76. The van der Waals surface area contributed by atoms with E-state index in [1.54, 1.807) is 12.1 Å². The molecule has 0 aromatic heterocycles. The number of carbonyl (C=O) groups excluding carboxylic acids is 2. The molecule has 84 valence electrons. The first-order valence-electron chi connectivity index (χ1n) is 5.47. The van der Waals surface area contributed by atoms with Crippen LogP contribution in [-0.4, -0.2) is 17.9 Å². The summed E-state index contributed by atoms with van der Waals surface area (Å²) in [7, 11) is 0. The summed E-state index contributed by atoms with van der Waals surface area (Å²) in [6.45, 7) is 1.82. The average Bonchev–Trinajstić information content (AvgIpc) is 2.30. The number of hydrogen-bond acceptors (Lipinski definition) is 3. The fraction of sp³-hybridized carbons (Fsp3) is 0.385. The molecule has 0 N–H and O–H groups in total. The number of esters is 1. The zero-order valence-corrected chi connectivity index (χ0v) is 9.23. The normalized spacial score (nSPS) is 21.4. The standard InChI is InChI=1S/C13H14O3/c1-9-6-7-11(14)8-10-4-2-3-5-12(10)13(15)16-9/h2-5,9H,6-8H2,1H3.